The second kappa shape index (κ2) is 25.2. The summed E-state index contributed by atoms with van der Waals surface area (Å²) in [5, 5.41) is 176. The number of hydrogen-bond donors (Lipinski definition) is 16. The van der Waals surface area contributed by atoms with Crippen molar-refractivity contribution >= 4 is 0 Å². The van der Waals surface area contributed by atoms with Crippen LogP contribution < -0.4 is 0 Å². The fourth-order valence-electron chi connectivity index (χ4n) is 17.4. The highest BCUT2D eigenvalue weighted by Gasteiger charge is 2.70. The Balaban J connectivity index is 0.793. The van der Waals surface area contributed by atoms with Crippen molar-refractivity contribution in [1.82, 2.24) is 0 Å². The summed E-state index contributed by atoms with van der Waals surface area (Å²) in [5.74, 6) is 2.10. The zero-order valence-corrected chi connectivity index (χ0v) is 47.8. The predicted molar refractivity (Wildman–Crippen MR) is 276 cm³/mol. The molecule has 84 heavy (non-hydrogen) atoms. The van der Waals surface area contributed by atoms with Gasteiger partial charge in [0.15, 0.2) is 37.2 Å². The topological polar surface area (TPSA) is 434 Å². The minimum absolute atomic E-state index is 0.101. The molecule has 4 saturated carbocycles. The van der Waals surface area contributed by atoms with Gasteiger partial charge in [0, 0.05) is 12.3 Å². The lowest BCUT2D eigenvalue weighted by Crippen LogP contribution is -2.69. The summed E-state index contributed by atoms with van der Waals surface area (Å²) in [6.45, 7) is 5.74. The average Bonchev–Trinajstić information content (AvgIpc) is 1.53. The molecule has 4 aliphatic carbocycles. The molecule has 0 aromatic rings. The number of ether oxygens (including phenoxy) is 12. The van der Waals surface area contributed by atoms with E-state index in [2.05, 4.69) is 27.7 Å². The smallest absolute Gasteiger partial charge is 0.187 e. The lowest BCUT2D eigenvalue weighted by Gasteiger charge is -2.62. The SMILES string of the molecule is CC1C2C(CC3C4CC[C@H]5C[C@@H](O[C@@H]6O[C@H](CO)[C@H](O[C@@H]7O[C@H](CO)[C@@H](O)[C@H](O[C@@H]8OC[C@@H](O)[C@H](O)[C@H]8O)[C@H]7O[C@@H]7O[C@H](CO)[C@@H](O)[C@H](O[C@@H]8O[C@H](CO)[C@@H](O)[C@H](O)[C@H]8O)[C@H]7O)[C@H](O)[C@H]6O)[C@H](O)C[C@]5(C)C4CC[C@@]32C)O[C@]12CC[C@@H](C)CO2. The van der Waals surface area contributed by atoms with Gasteiger partial charge in [0.05, 0.1) is 58.0 Å². The van der Waals surface area contributed by atoms with Crippen LogP contribution in [0.5, 0.6) is 0 Å². The molecular weight excluding hydrogens is 1120 g/mol. The van der Waals surface area contributed by atoms with Gasteiger partial charge in [0.1, 0.15) is 116 Å². The maximum atomic E-state index is 12.1. The predicted octanol–water partition coefficient (Wildman–Crippen LogP) is -5.48. The molecule has 7 saturated heterocycles. The summed E-state index contributed by atoms with van der Waals surface area (Å²) < 4.78 is 73.1. The van der Waals surface area contributed by atoms with E-state index in [0.717, 1.165) is 51.6 Å². The van der Waals surface area contributed by atoms with Crippen molar-refractivity contribution < 1.29 is 139 Å². The van der Waals surface area contributed by atoms with E-state index in [1.165, 1.54) is 0 Å². The van der Waals surface area contributed by atoms with Gasteiger partial charge in [-0.05, 0) is 97.7 Å². The first-order valence-corrected chi connectivity index (χ1v) is 30.3. The Labute approximate surface area is 486 Å². The van der Waals surface area contributed by atoms with Crippen LogP contribution in [0.3, 0.4) is 0 Å². The zero-order chi connectivity index (χ0) is 60.2. The van der Waals surface area contributed by atoms with E-state index in [0.29, 0.717) is 42.4 Å². The van der Waals surface area contributed by atoms with E-state index in [1.807, 2.05) is 0 Å². The summed E-state index contributed by atoms with van der Waals surface area (Å²) in [4.78, 5) is 0. The van der Waals surface area contributed by atoms with E-state index in [4.69, 9.17) is 56.8 Å². The van der Waals surface area contributed by atoms with Crippen LogP contribution in [-0.2, 0) is 56.8 Å². The first kappa shape index (κ1) is 64.4. The fraction of sp³-hybridized carbons (Fsp3) is 1.00. The van der Waals surface area contributed by atoms with Gasteiger partial charge in [-0.2, -0.15) is 0 Å². The third kappa shape index (κ3) is 11.2. The summed E-state index contributed by atoms with van der Waals surface area (Å²) in [7, 11) is 0. The van der Waals surface area contributed by atoms with Crippen LogP contribution in [0, 0.1) is 52.3 Å². The molecule has 37 atom stereocenters. The van der Waals surface area contributed by atoms with Gasteiger partial charge in [-0.15, -0.1) is 0 Å². The van der Waals surface area contributed by atoms with Crippen LogP contribution in [0.25, 0.3) is 0 Å². The van der Waals surface area contributed by atoms with Gasteiger partial charge in [-0.1, -0.05) is 27.7 Å². The average molecular weight is 1210 g/mol. The van der Waals surface area contributed by atoms with Crippen LogP contribution in [0.1, 0.15) is 85.5 Å². The van der Waals surface area contributed by atoms with E-state index in [-0.39, 0.29) is 28.8 Å². The number of fused-ring (bicyclic) bond motifs is 7. The van der Waals surface area contributed by atoms with Crippen molar-refractivity contribution in [2.24, 2.45) is 52.3 Å². The molecule has 0 radical (unpaired) electrons. The van der Waals surface area contributed by atoms with Gasteiger partial charge < -0.3 is 139 Å². The molecule has 6 unspecified atom stereocenters. The van der Waals surface area contributed by atoms with Crippen molar-refractivity contribution in [2.45, 2.75) is 257 Å². The molecular formula is C56H92O28. The second-order valence-corrected chi connectivity index (χ2v) is 26.8. The Kier molecular flexibility index (Phi) is 19.3. The molecule has 7 aliphatic heterocycles. The van der Waals surface area contributed by atoms with Crippen molar-refractivity contribution in [2.75, 3.05) is 39.6 Å². The highest BCUT2D eigenvalue weighted by molar-refractivity contribution is 5.16. The van der Waals surface area contributed by atoms with E-state index < -0.39 is 198 Å². The summed E-state index contributed by atoms with van der Waals surface area (Å²) in [6.07, 6.45) is -39.0. The quantitative estimate of drug-likeness (QED) is 0.0722. The summed E-state index contributed by atoms with van der Waals surface area (Å²) in [5.41, 5.74) is -0.128. The number of hydrogen-bond acceptors (Lipinski definition) is 28. The van der Waals surface area contributed by atoms with Gasteiger partial charge >= 0.3 is 0 Å². The van der Waals surface area contributed by atoms with Gasteiger partial charge in [0.25, 0.3) is 0 Å². The van der Waals surface area contributed by atoms with Gasteiger partial charge in [-0.3, -0.25) is 0 Å². The van der Waals surface area contributed by atoms with Crippen LogP contribution in [0.2, 0.25) is 0 Å². The molecule has 11 rings (SSSR count). The van der Waals surface area contributed by atoms with E-state index >= 15 is 0 Å². The van der Waals surface area contributed by atoms with Crippen molar-refractivity contribution in [3.8, 4) is 0 Å². The van der Waals surface area contributed by atoms with E-state index in [1.54, 1.807) is 0 Å². The zero-order valence-electron chi connectivity index (χ0n) is 47.8. The molecule has 0 aromatic carbocycles. The normalized spacial score (nSPS) is 57.7. The summed E-state index contributed by atoms with van der Waals surface area (Å²) in [6, 6.07) is 0. The minimum Gasteiger partial charge on any atom is -0.394 e. The standard InChI is InChI=1S/C56H92O28/c1-20-7-10-56(74-18-20)21(2)34-29(84-56)12-25-23-6-5-22-11-28(26(61)13-55(22,4)24(23)8-9-54(25,34)3)75-50-43(71)40(68)45(33(17-60)79-50)80-53-48(47(38(66)32(16-59)78-53)82-49-41(69)35(63)27(62)19-73-49)83-52-44(72)46(37(65)31(15-58)77-52)81-51-42(70)39(67)36(64)30(14-57)76-51/h20-53,57-72H,5-19H2,1-4H3/t20-,21?,22+,23?,24?,25?,26-,27-,28-,29?,30-,31-,32-,33-,34?,35+,36-,37-,38-,39+,40-,41-,42-,43-,44-,45+,46+,47+,48-,49+,50-,51+,52+,53+,54+,55+,56-/m1/s1. The minimum atomic E-state index is -2.20. The first-order valence-electron chi connectivity index (χ1n) is 30.3. The largest absolute Gasteiger partial charge is 0.394 e. The van der Waals surface area contributed by atoms with Crippen LogP contribution in [0.15, 0.2) is 0 Å². The monoisotopic (exact) mass is 1210 g/mol. The highest BCUT2D eigenvalue weighted by Crippen LogP contribution is 2.71. The molecule has 0 aromatic heterocycles. The fourth-order valence-corrected chi connectivity index (χ4v) is 17.4. The summed E-state index contributed by atoms with van der Waals surface area (Å²) >= 11 is 0. The Bertz CT molecular complexity index is 2180. The Hall–Kier alpha value is -1.12. The molecule has 11 aliphatic rings. The van der Waals surface area contributed by atoms with Crippen LogP contribution in [-0.4, -0.2) is 293 Å². The Morgan fingerprint density at radius 2 is 1.02 bits per heavy atom. The maximum absolute atomic E-state index is 12.1. The number of aliphatic hydroxyl groups is 16. The van der Waals surface area contributed by atoms with Crippen LogP contribution in [0.4, 0.5) is 0 Å². The van der Waals surface area contributed by atoms with Crippen molar-refractivity contribution in [1.29, 1.82) is 0 Å². The third-order valence-corrected chi connectivity index (χ3v) is 22.1. The van der Waals surface area contributed by atoms with Crippen molar-refractivity contribution in [3.63, 3.8) is 0 Å². The number of rotatable bonds is 14. The lowest BCUT2D eigenvalue weighted by molar-refractivity contribution is -0.410. The second-order valence-electron chi connectivity index (χ2n) is 26.8. The molecule has 484 valence electrons. The first-order chi connectivity index (χ1) is 39.9. The molecule has 0 bridgehead atoms. The lowest BCUT2D eigenvalue weighted by atomic mass is 9.44. The van der Waals surface area contributed by atoms with Gasteiger partial charge in [-0.25, -0.2) is 0 Å². The molecule has 0 amide bonds. The van der Waals surface area contributed by atoms with E-state index in [9.17, 15) is 81.7 Å². The van der Waals surface area contributed by atoms with Crippen LogP contribution >= 0.6 is 0 Å². The number of aliphatic hydroxyl groups excluding tert-OH is 16. The molecule has 11 fully saturated rings. The third-order valence-electron chi connectivity index (χ3n) is 22.1. The molecule has 7 heterocycles. The Morgan fingerprint density at radius 3 is 1.69 bits per heavy atom. The molecule has 28 heteroatoms. The Morgan fingerprint density at radius 1 is 0.452 bits per heavy atom. The molecule has 28 nitrogen and oxygen atoms in total. The molecule has 16 N–H and O–H groups in total. The highest BCUT2D eigenvalue weighted by atomic mass is 16.8. The maximum Gasteiger partial charge on any atom is 0.187 e. The van der Waals surface area contributed by atoms with Crippen molar-refractivity contribution in [3.05, 3.63) is 0 Å². The molecule has 1 spiro atoms. The van der Waals surface area contributed by atoms with Gasteiger partial charge in [0.2, 0.25) is 0 Å².